The van der Waals surface area contributed by atoms with E-state index in [9.17, 15) is 14.7 Å². The maximum absolute atomic E-state index is 13.1. The van der Waals surface area contributed by atoms with Gasteiger partial charge in [0.05, 0.1) is 22.7 Å². The van der Waals surface area contributed by atoms with Gasteiger partial charge in [0.25, 0.3) is 5.56 Å². The number of furan rings is 1. The van der Waals surface area contributed by atoms with Crippen molar-refractivity contribution < 1.29 is 9.52 Å². The lowest BCUT2D eigenvalue weighted by atomic mass is 10.0. The number of nitrogens with one attached hydrogen (secondary N) is 2. The molecule has 5 aromatic heterocycles. The van der Waals surface area contributed by atoms with Crippen molar-refractivity contribution >= 4 is 38.7 Å². The number of rotatable bonds is 2. The maximum atomic E-state index is 13.1. The van der Waals surface area contributed by atoms with E-state index in [1.165, 1.54) is 6.07 Å². The van der Waals surface area contributed by atoms with Gasteiger partial charge in [-0.1, -0.05) is 0 Å². The van der Waals surface area contributed by atoms with Crippen molar-refractivity contribution in [2.75, 3.05) is 0 Å². The van der Waals surface area contributed by atoms with Gasteiger partial charge in [0.15, 0.2) is 16.8 Å². The number of aromatic amines is 2. The molecule has 0 saturated carbocycles. The number of hydrogen-bond acceptors (Lipinski definition) is 6. The Morgan fingerprint density at radius 3 is 2.84 bits per heavy atom. The lowest BCUT2D eigenvalue weighted by Crippen LogP contribution is -2.07. The van der Waals surface area contributed by atoms with E-state index in [0.717, 1.165) is 0 Å². The summed E-state index contributed by atoms with van der Waals surface area (Å²) in [6.07, 6.45) is 5.02. The Labute approximate surface area is 172 Å². The second kappa shape index (κ2) is 5.85. The molecular weight excluding hydrogens is 400 g/mol. The summed E-state index contributed by atoms with van der Waals surface area (Å²) in [4.78, 5) is 32.7. The van der Waals surface area contributed by atoms with Gasteiger partial charge in [-0.05, 0) is 32.0 Å². The zero-order valence-corrected chi connectivity index (χ0v) is 16.5. The van der Waals surface area contributed by atoms with Crippen LogP contribution in [0.1, 0.15) is 19.9 Å². The largest absolute Gasteiger partial charge is 0.502 e. The number of aromatic nitrogens is 6. The molecule has 10 heteroatoms. The van der Waals surface area contributed by atoms with Crippen LogP contribution >= 0.6 is 0 Å². The van der Waals surface area contributed by atoms with Gasteiger partial charge in [-0.2, -0.15) is 5.10 Å². The molecule has 0 saturated heterocycles. The summed E-state index contributed by atoms with van der Waals surface area (Å²) < 4.78 is 9.33. The standard InChI is InChI=1S/C21H16N6O4/c1-9(2)27-20-14(21(30)25-27)13(11-8-23-26-7-3-6-22-19(11)26)18-15(24-20)10-4-5-12(28)16(29)17(10)31-18/h3-9,24,29H,1-2H3,(H,25,30). The molecule has 0 atom stereocenters. The lowest BCUT2D eigenvalue weighted by Gasteiger charge is -2.09. The highest BCUT2D eigenvalue weighted by Crippen LogP contribution is 2.40. The zero-order valence-electron chi connectivity index (χ0n) is 16.5. The van der Waals surface area contributed by atoms with Gasteiger partial charge in [-0.25, -0.2) is 9.50 Å². The van der Waals surface area contributed by atoms with Gasteiger partial charge < -0.3 is 14.5 Å². The van der Waals surface area contributed by atoms with Gasteiger partial charge in [0.2, 0.25) is 11.2 Å². The van der Waals surface area contributed by atoms with Crippen molar-refractivity contribution in [2.45, 2.75) is 19.9 Å². The molecule has 0 aliphatic carbocycles. The molecule has 0 fully saturated rings. The van der Waals surface area contributed by atoms with Crippen LogP contribution in [0.5, 0.6) is 5.75 Å². The van der Waals surface area contributed by atoms with Crippen LogP contribution in [0.2, 0.25) is 0 Å². The fraction of sp³-hybridized carbons (Fsp3) is 0.143. The quantitative estimate of drug-likeness (QED) is 0.397. The summed E-state index contributed by atoms with van der Waals surface area (Å²) in [7, 11) is 0. The summed E-state index contributed by atoms with van der Waals surface area (Å²) in [6, 6.07) is 4.60. The van der Waals surface area contributed by atoms with Crippen LogP contribution < -0.4 is 11.0 Å². The number of phenolic OH excluding ortho intramolecular Hbond substituents is 1. The van der Waals surface area contributed by atoms with E-state index >= 15 is 0 Å². The Bertz CT molecular complexity index is 1780. The van der Waals surface area contributed by atoms with Crippen molar-refractivity contribution in [1.29, 1.82) is 0 Å². The Morgan fingerprint density at radius 2 is 2.03 bits per heavy atom. The summed E-state index contributed by atoms with van der Waals surface area (Å²) >= 11 is 0. The average molecular weight is 416 g/mol. The Balaban J connectivity index is 1.92. The second-order valence-electron chi connectivity index (χ2n) is 7.67. The van der Waals surface area contributed by atoms with E-state index in [1.807, 2.05) is 13.8 Å². The first-order valence-corrected chi connectivity index (χ1v) is 9.69. The Hall–Kier alpha value is -4.34. The third-order valence-corrected chi connectivity index (χ3v) is 5.51. The predicted molar refractivity (Wildman–Crippen MR) is 114 cm³/mol. The number of pyridine rings is 1. The highest BCUT2D eigenvalue weighted by molar-refractivity contribution is 6.16. The smallest absolute Gasteiger partial charge is 0.274 e. The molecule has 6 aromatic rings. The summed E-state index contributed by atoms with van der Waals surface area (Å²) in [5, 5.41) is 18.5. The van der Waals surface area contributed by atoms with Crippen molar-refractivity contribution in [1.82, 2.24) is 29.4 Å². The first-order valence-electron chi connectivity index (χ1n) is 9.69. The number of benzene rings is 1. The minimum atomic E-state index is -0.542. The molecule has 0 aliphatic heterocycles. The highest BCUT2D eigenvalue weighted by Gasteiger charge is 2.25. The molecule has 10 nitrogen and oxygen atoms in total. The number of nitrogens with zero attached hydrogens (tertiary/aromatic N) is 4. The number of fused-ring (bicyclic) bond motifs is 5. The molecule has 5 heterocycles. The molecule has 0 bridgehead atoms. The van der Waals surface area contributed by atoms with E-state index in [-0.39, 0.29) is 17.2 Å². The minimum Gasteiger partial charge on any atom is -0.502 e. The van der Waals surface area contributed by atoms with E-state index in [2.05, 4.69) is 20.2 Å². The number of aromatic hydroxyl groups is 1. The molecule has 0 radical (unpaired) electrons. The van der Waals surface area contributed by atoms with Crippen LogP contribution in [0, 0.1) is 0 Å². The van der Waals surface area contributed by atoms with Crippen LogP contribution in [0.4, 0.5) is 0 Å². The lowest BCUT2D eigenvalue weighted by molar-refractivity contribution is 0.464. The van der Waals surface area contributed by atoms with Gasteiger partial charge in [0, 0.05) is 29.4 Å². The molecule has 0 spiro atoms. The fourth-order valence-corrected chi connectivity index (χ4v) is 4.11. The molecule has 6 rings (SSSR count). The summed E-state index contributed by atoms with van der Waals surface area (Å²) in [6.45, 7) is 3.90. The number of hydrogen-bond donors (Lipinski definition) is 3. The maximum Gasteiger partial charge on any atom is 0.274 e. The second-order valence-corrected chi connectivity index (χ2v) is 7.67. The first kappa shape index (κ1) is 17.5. The van der Waals surface area contributed by atoms with E-state index in [0.29, 0.717) is 44.3 Å². The van der Waals surface area contributed by atoms with Gasteiger partial charge in [-0.15, -0.1) is 0 Å². The van der Waals surface area contributed by atoms with E-state index in [4.69, 9.17) is 4.42 Å². The number of H-pyrrole nitrogens is 2. The van der Waals surface area contributed by atoms with Crippen LogP contribution in [0.15, 0.2) is 50.8 Å². The first-order chi connectivity index (χ1) is 15.0. The molecule has 0 amide bonds. The normalized spacial score (nSPS) is 12.2. The Kier molecular flexibility index (Phi) is 3.30. The van der Waals surface area contributed by atoms with Crippen LogP contribution in [0.3, 0.4) is 0 Å². The highest BCUT2D eigenvalue weighted by atomic mass is 16.4. The fourth-order valence-electron chi connectivity index (χ4n) is 4.11. The van der Waals surface area contributed by atoms with Crippen LogP contribution in [-0.4, -0.2) is 34.5 Å². The van der Waals surface area contributed by atoms with Crippen molar-refractivity contribution in [3.05, 3.63) is 57.4 Å². The Morgan fingerprint density at radius 1 is 1.19 bits per heavy atom. The SMILES string of the molecule is CC(C)n1[nH]c(=O)c2c(-c3cnn4cccnc34)c3oc4c(O)c(=O)ccc4c3[nH]c21. The monoisotopic (exact) mass is 416 g/mol. The zero-order chi connectivity index (χ0) is 21.4. The molecule has 3 N–H and O–H groups in total. The third kappa shape index (κ3) is 2.21. The van der Waals surface area contributed by atoms with Crippen LogP contribution in [0.25, 0.3) is 49.9 Å². The van der Waals surface area contributed by atoms with Gasteiger partial charge >= 0.3 is 0 Å². The minimum absolute atomic E-state index is 0.0337. The van der Waals surface area contributed by atoms with Crippen molar-refractivity contribution in [3.8, 4) is 16.9 Å². The summed E-state index contributed by atoms with van der Waals surface area (Å²) in [5.74, 6) is -0.476. The predicted octanol–water partition coefficient (Wildman–Crippen LogP) is 2.91. The molecule has 31 heavy (non-hydrogen) atoms. The average Bonchev–Trinajstić information content (AvgIpc) is 3.43. The van der Waals surface area contributed by atoms with Gasteiger partial charge in [0.1, 0.15) is 5.65 Å². The molecule has 0 aliphatic rings. The van der Waals surface area contributed by atoms with Crippen molar-refractivity contribution in [2.24, 2.45) is 0 Å². The number of phenols is 1. The third-order valence-electron chi connectivity index (χ3n) is 5.51. The van der Waals surface area contributed by atoms with Crippen LogP contribution in [-0.2, 0) is 0 Å². The molecule has 154 valence electrons. The topological polar surface area (TPSA) is 134 Å². The van der Waals surface area contributed by atoms with Gasteiger partial charge in [-0.3, -0.25) is 19.4 Å². The molecular formula is C21H16N6O4. The molecule has 0 unspecified atom stereocenters. The van der Waals surface area contributed by atoms with E-state index in [1.54, 1.807) is 39.9 Å². The molecule has 1 aromatic carbocycles. The van der Waals surface area contributed by atoms with E-state index < -0.39 is 11.2 Å². The summed E-state index contributed by atoms with van der Waals surface area (Å²) in [5.41, 5.74) is 2.28. The van der Waals surface area contributed by atoms with Crippen molar-refractivity contribution in [3.63, 3.8) is 0 Å².